The highest BCUT2D eigenvalue weighted by Gasteiger charge is 2.35. The van der Waals surface area contributed by atoms with Crippen molar-refractivity contribution in [2.45, 2.75) is 31.8 Å². The largest absolute Gasteiger partial charge is 0.482 e. The number of benzene rings is 2. The molecule has 3 rings (SSSR count). The highest BCUT2D eigenvalue weighted by atomic mass is 35.5. The highest BCUT2D eigenvalue weighted by molar-refractivity contribution is 6.35. The first kappa shape index (κ1) is 19.5. The van der Waals surface area contributed by atoms with Crippen LogP contribution in [0.15, 0.2) is 42.5 Å². The van der Waals surface area contributed by atoms with Gasteiger partial charge in [-0.2, -0.15) is 0 Å². The van der Waals surface area contributed by atoms with E-state index in [2.05, 4.69) is 10.6 Å². The minimum atomic E-state index is -0.642. The molecule has 0 bridgehead atoms. The van der Waals surface area contributed by atoms with Gasteiger partial charge in [0.2, 0.25) is 0 Å². The molecule has 1 amide bonds. The van der Waals surface area contributed by atoms with Gasteiger partial charge in [-0.25, -0.2) is 0 Å². The first-order chi connectivity index (χ1) is 13.0. The first-order valence-electron chi connectivity index (χ1n) is 8.76. The molecule has 1 aliphatic rings. The zero-order valence-corrected chi connectivity index (χ0v) is 16.3. The van der Waals surface area contributed by atoms with Crippen LogP contribution in [0.1, 0.15) is 30.1 Å². The maximum absolute atomic E-state index is 12.9. The Labute approximate surface area is 168 Å². The Morgan fingerprint density at radius 1 is 1.22 bits per heavy atom. The standard InChI is InChI=1S/C20H20Cl2N2O3/c1-2-5-16-19(20(26)13-6-3-4-7-15(13)23-16)24-18(25)11-27-17-9-8-12(21)10-14(17)22/h3-4,6-10,16,19,23H,2,5,11H2,1H3,(H,24,25)/t16-,19-/m1/s1. The Morgan fingerprint density at radius 2 is 2.00 bits per heavy atom. The fourth-order valence-corrected chi connectivity index (χ4v) is 3.59. The van der Waals surface area contributed by atoms with E-state index in [4.69, 9.17) is 27.9 Å². The van der Waals surface area contributed by atoms with Crippen molar-refractivity contribution >= 4 is 40.6 Å². The predicted molar refractivity (Wildman–Crippen MR) is 107 cm³/mol. The topological polar surface area (TPSA) is 67.4 Å². The molecule has 2 atom stereocenters. The summed E-state index contributed by atoms with van der Waals surface area (Å²) in [5.41, 5.74) is 1.38. The summed E-state index contributed by atoms with van der Waals surface area (Å²) in [4.78, 5) is 25.3. The molecule has 0 saturated heterocycles. The van der Waals surface area contributed by atoms with E-state index in [0.717, 1.165) is 18.5 Å². The summed E-state index contributed by atoms with van der Waals surface area (Å²) in [5.74, 6) is -0.123. The Kier molecular flexibility index (Phi) is 6.24. The summed E-state index contributed by atoms with van der Waals surface area (Å²) < 4.78 is 5.46. The summed E-state index contributed by atoms with van der Waals surface area (Å²) in [7, 11) is 0. The van der Waals surface area contributed by atoms with Crippen LogP contribution in [0.3, 0.4) is 0 Å². The molecule has 2 aromatic carbocycles. The Bertz CT molecular complexity index is 857. The van der Waals surface area contributed by atoms with E-state index in [0.29, 0.717) is 21.4 Å². The first-order valence-corrected chi connectivity index (χ1v) is 9.52. The second-order valence-corrected chi connectivity index (χ2v) is 7.20. The molecule has 2 N–H and O–H groups in total. The van der Waals surface area contributed by atoms with Crippen molar-refractivity contribution in [1.82, 2.24) is 5.32 Å². The van der Waals surface area contributed by atoms with Gasteiger partial charge in [0.05, 0.1) is 11.1 Å². The van der Waals surface area contributed by atoms with E-state index in [1.165, 1.54) is 0 Å². The number of fused-ring (bicyclic) bond motifs is 1. The number of nitrogens with one attached hydrogen (secondary N) is 2. The SMILES string of the molecule is CCC[C@H]1Nc2ccccc2C(=O)[C@@H]1NC(=O)COc1ccc(Cl)cc1Cl. The third-order valence-corrected chi connectivity index (χ3v) is 4.92. The van der Waals surface area contributed by atoms with Gasteiger partial charge in [-0.15, -0.1) is 0 Å². The predicted octanol–water partition coefficient (Wildman–Crippen LogP) is 4.33. The van der Waals surface area contributed by atoms with Crippen molar-refractivity contribution in [3.05, 3.63) is 58.1 Å². The molecular weight excluding hydrogens is 387 g/mol. The monoisotopic (exact) mass is 406 g/mol. The Balaban J connectivity index is 1.68. The van der Waals surface area contributed by atoms with Gasteiger partial charge in [0.1, 0.15) is 11.8 Å². The molecule has 7 heteroatoms. The van der Waals surface area contributed by atoms with Crippen molar-refractivity contribution in [3.63, 3.8) is 0 Å². The molecule has 0 spiro atoms. The van der Waals surface area contributed by atoms with Crippen LogP contribution in [0.4, 0.5) is 5.69 Å². The molecule has 2 aromatic rings. The van der Waals surface area contributed by atoms with Gasteiger partial charge in [0.15, 0.2) is 12.4 Å². The summed E-state index contributed by atoms with van der Waals surface area (Å²) in [6, 6.07) is 11.3. The lowest BCUT2D eigenvalue weighted by Crippen LogP contribution is -2.55. The number of para-hydroxylation sites is 1. The lowest BCUT2D eigenvalue weighted by Gasteiger charge is -2.34. The van der Waals surface area contributed by atoms with Crippen molar-refractivity contribution in [3.8, 4) is 5.75 Å². The molecule has 142 valence electrons. The van der Waals surface area contributed by atoms with E-state index >= 15 is 0 Å². The van der Waals surface area contributed by atoms with Crippen LogP contribution in [-0.2, 0) is 4.79 Å². The van der Waals surface area contributed by atoms with Crippen LogP contribution in [0, 0.1) is 0 Å². The van der Waals surface area contributed by atoms with Crippen molar-refractivity contribution < 1.29 is 14.3 Å². The van der Waals surface area contributed by atoms with Crippen LogP contribution in [-0.4, -0.2) is 30.4 Å². The summed E-state index contributed by atoms with van der Waals surface area (Å²) in [6.45, 7) is 1.79. The molecule has 0 radical (unpaired) electrons. The molecule has 5 nitrogen and oxygen atoms in total. The quantitative estimate of drug-likeness (QED) is 0.748. The zero-order chi connectivity index (χ0) is 19.4. The average molecular weight is 407 g/mol. The number of anilines is 1. The molecule has 0 unspecified atom stereocenters. The third kappa shape index (κ3) is 4.54. The number of Topliss-reactive ketones (excluding diaryl/α,β-unsaturated/α-hetero) is 1. The molecule has 1 heterocycles. The van der Waals surface area contributed by atoms with Gasteiger partial charge in [0, 0.05) is 16.3 Å². The lowest BCUT2D eigenvalue weighted by molar-refractivity contribution is -0.123. The molecular formula is C20H20Cl2N2O3. The van der Waals surface area contributed by atoms with Crippen molar-refractivity contribution in [2.75, 3.05) is 11.9 Å². The van der Waals surface area contributed by atoms with Crippen molar-refractivity contribution in [1.29, 1.82) is 0 Å². The fraction of sp³-hybridized carbons (Fsp3) is 0.300. The number of carbonyl (C=O) groups excluding carboxylic acids is 2. The number of ether oxygens (including phenoxy) is 1. The second kappa shape index (κ2) is 8.63. The van der Waals surface area contributed by atoms with E-state index in [1.807, 2.05) is 25.1 Å². The van der Waals surface area contributed by atoms with Gasteiger partial charge in [0.25, 0.3) is 5.91 Å². The van der Waals surface area contributed by atoms with Gasteiger partial charge in [-0.3, -0.25) is 9.59 Å². The number of amides is 1. The van der Waals surface area contributed by atoms with E-state index in [-0.39, 0.29) is 24.3 Å². The average Bonchev–Trinajstić information content (AvgIpc) is 2.64. The minimum absolute atomic E-state index is 0.0966. The lowest BCUT2D eigenvalue weighted by atomic mass is 9.89. The number of ketones is 1. The Hall–Kier alpha value is -2.24. The molecule has 0 aliphatic carbocycles. The van der Waals surface area contributed by atoms with Gasteiger partial charge >= 0.3 is 0 Å². The normalized spacial score (nSPS) is 18.4. The van der Waals surface area contributed by atoms with Crippen LogP contribution >= 0.6 is 23.2 Å². The molecule has 0 aromatic heterocycles. The molecule has 0 fully saturated rings. The van der Waals surface area contributed by atoms with Gasteiger partial charge in [-0.05, 0) is 36.8 Å². The summed E-state index contributed by atoms with van der Waals surface area (Å²) >= 11 is 11.9. The van der Waals surface area contributed by atoms with Gasteiger partial charge < -0.3 is 15.4 Å². The van der Waals surface area contributed by atoms with E-state index < -0.39 is 6.04 Å². The summed E-state index contributed by atoms with van der Waals surface area (Å²) in [6.07, 6.45) is 1.64. The molecule has 0 saturated carbocycles. The highest BCUT2D eigenvalue weighted by Crippen LogP contribution is 2.28. The maximum Gasteiger partial charge on any atom is 0.258 e. The van der Waals surface area contributed by atoms with E-state index in [9.17, 15) is 9.59 Å². The van der Waals surface area contributed by atoms with Crippen LogP contribution < -0.4 is 15.4 Å². The number of rotatable bonds is 6. The van der Waals surface area contributed by atoms with Crippen molar-refractivity contribution in [2.24, 2.45) is 0 Å². The number of hydrogen-bond donors (Lipinski definition) is 2. The van der Waals surface area contributed by atoms with E-state index in [1.54, 1.807) is 24.3 Å². The number of hydrogen-bond acceptors (Lipinski definition) is 4. The number of halogens is 2. The summed E-state index contributed by atoms with van der Waals surface area (Å²) in [5, 5.41) is 6.97. The molecule has 27 heavy (non-hydrogen) atoms. The van der Waals surface area contributed by atoms with Crippen LogP contribution in [0.2, 0.25) is 10.0 Å². The number of carbonyl (C=O) groups is 2. The van der Waals surface area contributed by atoms with Crippen LogP contribution in [0.25, 0.3) is 0 Å². The Morgan fingerprint density at radius 3 is 2.74 bits per heavy atom. The fourth-order valence-electron chi connectivity index (χ4n) is 3.12. The minimum Gasteiger partial charge on any atom is -0.482 e. The second-order valence-electron chi connectivity index (χ2n) is 6.36. The smallest absolute Gasteiger partial charge is 0.258 e. The van der Waals surface area contributed by atoms with Gasteiger partial charge in [-0.1, -0.05) is 48.7 Å². The molecule has 1 aliphatic heterocycles. The maximum atomic E-state index is 12.9. The zero-order valence-electron chi connectivity index (χ0n) is 14.8. The van der Waals surface area contributed by atoms with Crippen LogP contribution in [0.5, 0.6) is 5.75 Å². The third-order valence-electron chi connectivity index (χ3n) is 4.39.